The summed E-state index contributed by atoms with van der Waals surface area (Å²) in [6, 6.07) is 7.51. The van der Waals surface area contributed by atoms with Crippen LogP contribution in [0.25, 0.3) is 0 Å². The lowest BCUT2D eigenvalue weighted by atomic mass is 10.1. The van der Waals surface area contributed by atoms with E-state index in [1.165, 1.54) is 12.8 Å². The van der Waals surface area contributed by atoms with Gasteiger partial charge in [0.2, 0.25) is 10.0 Å². The second-order valence-corrected chi connectivity index (χ2v) is 11.0. The highest BCUT2D eigenvalue weighted by Crippen LogP contribution is 2.29. The summed E-state index contributed by atoms with van der Waals surface area (Å²) in [6.45, 7) is 2.85. The summed E-state index contributed by atoms with van der Waals surface area (Å²) in [6.07, 6.45) is 2.66. The number of aromatic nitrogens is 2. The molecule has 3 aromatic rings. The van der Waals surface area contributed by atoms with Gasteiger partial charge in [0.1, 0.15) is 11.6 Å². The molecule has 4 N–H and O–H groups in total. The number of hydrogen-bond acceptors (Lipinski definition) is 6. The number of halogens is 2. The molecule has 0 unspecified atom stereocenters. The topological polar surface area (TPSA) is 124 Å². The van der Waals surface area contributed by atoms with Crippen molar-refractivity contribution in [2.24, 2.45) is 0 Å². The maximum atomic E-state index is 13.6. The van der Waals surface area contributed by atoms with Crippen LogP contribution in [-0.2, 0) is 29.5 Å². The van der Waals surface area contributed by atoms with Gasteiger partial charge in [-0.05, 0) is 55.8 Å². The van der Waals surface area contributed by atoms with E-state index >= 15 is 0 Å². The molecule has 2 aromatic carbocycles. The van der Waals surface area contributed by atoms with Gasteiger partial charge in [0, 0.05) is 49.1 Å². The Labute approximate surface area is 207 Å². The number of fused-ring (bicyclic) bond motifs is 1. The van der Waals surface area contributed by atoms with Crippen LogP contribution >= 0.6 is 0 Å². The third kappa shape index (κ3) is 4.84. The summed E-state index contributed by atoms with van der Waals surface area (Å²) in [5, 5.41) is 9.70. The van der Waals surface area contributed by atoms with Crippen molar-refractivity contribution >= 4 is 27.4 Å². The van der Waals surface area contributed by atoms with Crippen molar-refractivity contribution in [1.29, 1.82) is 0 Å². The molecular weight excluding hydrogens is 490 g/mol. The van der Waals surface area contributed by atoms with Crippen LogP contribution in [0.3, 0.4) is 0 Å². The van der Waals surface area contributed by atoms with Crippen molar-refractivity contribution in [2.45, 2.75) is 37.2 Å². The number of carbonyl (C=O) groups excluding carboxylic acids is 1. The van der Waals surface area contributed by atoms with Gasteiger partial charge in [0.15, 0.2) is 5.82 Å². The molecule has 0 bridgehead atoms. The molecule has 0 aliphatic carbocycles. The molecule has 9 nitrogen and oxygen atoms in total. The minimum Gasteiger partial charge on any atom is -0.398 e. The van der Waals surface area contributed by atoms with Crippen LogP contribution in [-0.4, -0.2) is 53.4 Å². The second kappa shape index (κ2) is 9.60. The number of amides is 1. The Kier molecular flexibility index (Phi) is 6.49. The highest BCUT2D eigenvalue weighted by atomic mass is 32.2. The van der Waals surface area contributed by atoms with Crippen LogP contribution < -0.4 is 11.1 Å². The molecule has 1 amide bonds. The number of aromatic amines is 1. The summed E-state index contributed by atoms with van der Waals surface area (Å²) in [5.41, 5.74) is 8.99. The number of nitrogens with one attached hydrogen (secondary N) is 2. The monoisotopic (exact) mass is 516 g/mol. The number of nitrogens with zero attached hydrogens (tertiary/aromatic N) is 3. The highest BCUT2D eigenvalue weighted by Gasteiger charge is 2.32. The van der Waals surface area contributed by atoms with Crippen LogP contribution in [0.5, 0.6) is 0 Å². The molecule has 0 saturated carbocycles. The molecule has 0 atom stereocenters. The lowest BCUT2D eigenvalue weighted by Gasteiger charge is -2.26. The zero-order valence-electron chi connectivity index (χ0n) is 19.4. The molecule has 2 aliphatic heterocycles. The van der Waals surface area contributed by atoms with Gasteiger partial charge >= 0.3 is 0 Å². The van der Waals surface area contributed by atoms with Gasteiger partial charge in [-0.1, -0.05) is 6.07 Å². The fourth-order valence-corrected chi connectivity index (χ4v) is 6.15. The average Bonchev–Trinajstić information content (AvgIpc) is 3.48. The van der Waals surface area contributed by atoms with Crippen LogP contribution in [0.4, 0.5) is 20.3 Å². The number of rotatable bonds is 6. The highest BCUT2D eigenvalue weighted by molar-refractivity contribution is 7.89. The van der Waals surface area contributed by atoms with Gasteiger partial charge in [-0.25, -0.2) is 17.2 Å². The predicted molar refractivity (Wildman–Crippen MR) is 130 cm³/mol. The Morgan fingerprint density at radius 2 is 1.81 bits per heavy atom. The van der Waals surface area contributed by atoms with Crippen LogP contribution in [0.2, 0.25) is 0 Å². The van der Waals surface area contributed by atoms with Gasteiger partial charge < -0.3 is 11.1 Å². The van der Waals surface area contributed by atoms with Gasteiger partial charge in [0.05, 0.1) is 10.5 Å². The summed E-state index contributed by atoms with van der Waals surface area (Å²) >= 11 is 0. The van der Waals surface area contributed by atoms with Crippen molar-refractivity contribution in [3.63, 3.8) is 0 Å². The maximum absolute atomic E-state index is 13.6. The smallest absolute Gasteiger partial charge is 0.258 e. The van der Waals surface area contributed by atoms with Crippen molar-refractivity contribution in [1.82, 2.24) is 19.4 Å². The lowest BCUT2D eigenvalue weighted by molar-refractivity contribution is 0.102. The molecule has 0 radical (unpaired) electrons. The van der Waals surface area contributed by atoms with Gasteiger partial charge in [0.25, 0.3) is 5.91 Å². The third-order valence-electron chi connectivity index (χ3n) is 6.57. The first-order valence-corrected chi connectivity index (χ1v) is 13.1. The Morgan fingerprint density at radius 3 is 2.50 bits per heavy atom. The summed E-state index contributed by atoms with van der Waals surface area (Å²) in [7, 11) is -4.17. The number of H-pyrrole nitrogens is 1. The Bertz CT molecular complexity index is 1400. The summed E-state index contributed by atoms with van der Waals surface area (Å²) in [4.78, 5) is 14.8. The zero-order chi connectivity index (χ0) is 25.4. The molecule has 3 heterocycles. The molecule has 12 heteroatoms. The maximum Gasteiger partial charge on any atom is 0.258 e. The van der Waals surface area contributed by atoms with Crippen LogP contribution in [0.1, 0.15) is 40.0 Å². The summed E-state index contributed by atoms with van der Waals surface area (Å²) in [5.74, 6) is -2.25. The lowest BCUT2D eigenvalue weighted by Crippen LogP contribution is -2.36. The first-order chi connectivity index (χ1) is 17.2. The number of hydrogen-bond donors (Lipinski definition) is 3. The van der Waals surface area contributed by atoms with Gasteiger partial charge in [-0.3, -0.25) is 14.8 Å². The van der Waals surface area contributed by atoms with Crippen molar-refractivity contribution in [3.05, 3.63) is 70.4 Å². The second-order valence-electron chi connectivity index (χ2n) is 9.08. The molecule has 190 valence electrons. The van der Waals surface area contributed by atoms with Gasteiger partial charge in [-0.2, -0.15) is 9.40 Å². The first-order valence-electron chi connectivity index (χ1n) is 11.6. The van der Waals surface area contributed by atoms with Gasteiger partial charge in [-0.15, -0.1) is 0 Å². The van der Waals surface area contributed by atoms with E-state index in [0.717, 1.165) is 41.6 Å². The quantitative estimate of drug-likeness (QED) is 0.433. The van der Waals surface area contributed by atoms with Crippen molar-refractivity contribution in [2.75, 3.05) is 30.7 Å². The van der Waals surface area contributed by atoms with Crippen molar-refractivity contribution in [3.8, 4) is 0 Å². The Morgan fingerprint density at radius 1 is 1.08 bits per heavy atom. The SMILES string of the molecule is Nc1cc(CN2CCCC2)ccc1C(=O)Nc1n[nH]c2c1CN(S(=O)(=O)c1cc(F)cc(F)c1)CC2. The van der Waals surface area contributed by atoms with Crippen LogP contribution in [0, 0.1) is 11.6 Å². The van der Waals surface area contributed by atoms with E-state index in [2.05, 4.69) is 20.4 Å². The van der Waals surface area contributed by atoms with Crippen LogP contribution in [0.15, 0.2) is 41.3 Å². The number of sulfonamides is 1. The third-order valence-corrected chi connectivity index (χ3v) is 8.39. The molecule has 0 spiro atoms. The zero-order valence-corrected chi connectivity index (χ0v) is 20.2. The number of benzene rings is 2. The van der Waals surface area contributed by atoms with E-state index in [1.54, 1.807) is 12.1 Å². The van der Waals surface area contributed by atoms with Crippen molar-refractivity contribution < 1.29 is 22.0 Å². The number of likely N-dealkylation sites (tertiary alicyclic amines) is 1. The first kappa shape index (κ1) is 24.3. The minimum absolute atomic E-state index is 0.0917. The number of carbonyl (C=O) groups is 1. The largest absolute Gasteiger partial charge is 0.398 e. The molecule has 2 aliphatic rings. The van der Waals surface area contributed by atoms with E-state index in [-0.39, 0.29) is 24.5 Å². The van der Waals surface area contributed by atoms with E-state index in [9.17, 15) is 22.0 Å². The predicted octanol–water partition coefficient (Wildman–Crippen LogP) is 2.87. The minimum atomic E-state index is -4.17. The Balaban J connectivity index is 1.32. The molecular formula is C24H26F2N6O3S. The van der Waals surface area contributed by atoms with E-state index in [1.807, 2.05) is 6.07 Å². The molecule has 36 heavy (non-hydrogen) atoms. The number of nitrogens with two attached hydrogens (primary N) is 1. The van der Waals surface area contributed by atoms with E-state index in [0.29, 0.717) is 29.4 Å². The number of anilines is 2. The van der Waals surface area contributed by atoms with E-state index in [4.69, 9.17) is 5.73 Å². The summed E-state index contributed by atoms with van der Waals surface area (Å²) < 4.78 is 54.5. The molecule has 1 aromatic heterocycles. The fourth-order valence-electron chi connectivity index (χ4n) is 4.70. The fraction of sp³-hybridized carbons (Fsp3) is 0.333. The number of nitrogen functional groups attached to an aromatic ring is 1. The standard InChI is InChI=1S/C24H26F2N6O3S/c25-16-10-17(26)12-18(11-16)36(34,35)32-8-5-22-20(14-32)23(30-29-22)28-24(33)19-4-3-15(9-21(19)27)13-31-6-1-2-7-31/h3-4,9-12H,1-2,5-8,13-14,27H2,(H2,28,29,30,33). The Hall–Kier alpha value is -3.35. The molecule has 1 fully saturated rings. The average molecular weight is 517 g/mol. The normalized spacial score (nSPS) is 16.7. The molecule has 1 saturated heterocycles. The van der Waals surface area contributed by atoms with E-state index < -0.39 is 32.5 Å². The molecule has 5 rings (SSSR count).